The van der Waals surface area contributed by atoms with Gasteiger partial charge in [-0.05, 0) is 48.4 Å². The van der Waals surface area contributed by atoms with Crippen LogP contribution >= 0.6 is 11.8 Å². The van der Waals surface area contributed by atoms with Crippen molar-refractivity contribution in [2.24, 2.45) is 0 Å². The average Bonchev–Trinajstić information content (AvgIpc) is 2.89. The van der Waals surface area contributed by atoms with Crippen molar-refractivity contribution in [3.05, 3.63) is 71.1 Å². The van der Waals surface area contributed by atoms with Gasteiger partial charge in [-0.15, -0.1) is 0 Å². The smallest absolute Gasteiger partial charge is 0.261 e. The van der Waals surface area contributed by atoms with E-state index in [1.54, 1.807) is 5.41 Å². The standard InChI is InChI=1S/C17H13NO2S/c1-12-5-4-6-13(11-12)15(19)9-10-21-17-18-14-7-2-3-8-16(14)20-17/h2-11H,1H3. The van der Waals surface area contributed by atoms with Crippen LogP contribution in [0.5, 0.6) is 0 Å². The predicted octanol–water partition coefficient (Wildman–Crippen LogP) is 4.62. The normalized spacial score (nSPS) is 11.3. The molecule has 3 rings (SSSR count). The molecule has 0 radical (unpaired) electrons. The first-order chi connectivity index (χ1) is 10.2. The fourth-order valence-corrected chi connectivity index (χ4v) is 2.55. The lowest BCUT2D eigenvalue weighted by Crippen LogP contribution is -1.93. The molecule has 104 valence electrons. The molecule has 0 unspecified atom stereocenters. The lowest BCUT2D eigenvalue weighted by Gasteiger charge is -1.96. The first kappa shape index (κ1) is 13.6. The highest BCUT2D eigenvalue weighted by molar-refractivity contribution is 8.01. The summed E-state index contributed by atoms with van der Waals surface area (Å²) in [6, 6.07) is 15.1. The lowest BCUT2D eigenvalue weighted by molar-refractivity contribution is 0.104. The maximum absolute atomic E-state index is 12.0. The average molecular weight is 295 g/mol. The number of hydrogen-bond acceptors (Lipinski definition) is 4. The maximum atomic E-state index is 12.0. The Balaban J connectivity index is 1.70. The fourth-order valence-electron chi connectivity index (χ4n) is 1.95. The van der Waals surface area contributed by atoms with Crippen molar-refractivity contribution in [2.75, 3.05) is 0 Å². The van der Waals surface area contributed by atoms with E-state index in [-0.39, 0.29) is 5.78 Å². The van der Waals surface area contributed by atoms with Gasteiger partial charge < -0.3 is 4.42 Å². The minimum absolute atomic E-state index is 0.0256. The zero-order chi connectivity index (χ0) is 14.7. The first-order valence-electron chi connectivity index (χ1n) is 6.52. The Morgan fingerprint density at radius 1 is 1.19 bits per heavy atom. The molecule has 0 aliphatic heterocycles. The Kier molecular flexibility index (Phi) is 3.88. The van der Waals surface area contributed by atoms with Crippen LogP contribution in [0.15, 0.2) is 69.7 Å². The van der Waals surface area contributed by atoms with Crippen molar-refractivity contribution in [1.29, 1.82) is 0 Å². The van der Waals surface area contributed by atoms with E-state index in [0.717, 1.165) is 16.7 Å². The van der Waals surface area contributed by atoms with E-state index in [1.807, 2.05) is 55.5 Å². The molecule has 0 fully saturated rings. The topological polar surface area (TPSA) is 43.1 Å². The van der Waals surface area contributed by atoms with E-state index >= 15 is 0 Å². The summed E-state index contributed by atoms with van der Waals surface area (Å²) in [6.45, 7) is 1.97. The molecule has 0 aliphatic rings. The molecule has 0 bridgehead atoms. The van der Waals surface area contributed by atoms with Gasteiger partial charge in [-0.3, -0.25) is 4.79 Å². The number of carbonyl (C=O) groups is 1. The van der Waals surface area contributed by atoms with Gasteiger partial charge in [-0.25, -0.2) is 4.98 Å². The van der Waals surface area contributed by atoms with Gasteiger partial charge in [0.05, 0.1) is 0 Å². The number of aryl methyl sites for hydroxylation is 1. The second-order valence-corrected chi connectivity index (χ2v) is 5.46. The quantitative estimate of drug-likeness (QED) is 0.400. The second-order valence-electron chi connectivity index (χ2n) is 4.60. The molecule has 0 saturated carbocycles. The van der Waals surface area contributed by atoms with Gasteiger partial charge in [0.25, 0.3) is 5.22 Å². The molecule has 3 nitrogen and oxygen atoms in total. The molecule has 1 heterocycles. The number of para-hydroxylation sites is 2. The Bertz CT molecular complexity index is 787. The van der Waals surface area contributed by atoms with Crippen LogP contribution in [-0.4, -0.2) is 10.8 Å². The molecular formula is C17H13NO2S. The largest absolute Gasteiger partial charge is 0.431 e. The lowest BCUT2D eigenvalue weighted by atomic mass is 10.1. The summed E-state index contributed by atoms with van der Waals surface area (Å²) in [4.78, 5) is 16.3. The molecule has 3 aromatic rings. The van der Waals surface area contributed by atoms with Crippen LogP contribution in [0.1, 0.15) is 15.9 Å². The van der Waals surface area contributed by atoms with E-state index in [1.165, 1.54) is 17.8 Å². The molecule has 0 aliphatic carbocycles. The number of nitrogens with zero attached hydrogens (tertiary/aromatic N) is 1. The van der Waals surface area contributed by atoms with Crippen LogP contribution in [0.2, 0.25) is 0 Å². The van der Waals surface area contributed by atoms with Crippen molar-refractivity contribution in [2.45, 2.75) is 12.1 Å². The summed E-state index contributed by atoms with van der Waals surface area (Å²) in [7, 11) is 0. The fraction of sp³-hybridized carbons (Fsp3) is 0.0588. The number of rotatable bonds is 4. The van der Waals surface area contributed by atoms with Crippen molar-refractivity contribution in [3.63, 3.8) is 0 Å². The minimum Gasteiger partial charge on any atom is -0.431 e. The zero-order valence-corrected chi connectivity index (χ0v) is 12.3. The Morgan fingerprint density at radius 2 is 2.05 bits per heavy atom. The molecule has 21 heavy (non-hydrogen) atoms. The molecule has 1 aromatic heterocycles. The van der Waals surface area contributed by atoms with E-state index in [2.05, 4.69) is 4.98 Å². The number of benzene rings is 2. The number of ketones is 1. The predicted molar refractivity (Wildman–Crippen MR) is 84.5 cm³/mol. The maximum Gasteiger partial charge on any atom is 0.261 e. The first-order valence-corrected chi connectivity index (χ1v) is 7.40. The van der Waals surface area contributed by atoms with E-state index < -0.39 is 0 Å². The van der Waals surface area contributed by atoms with Crippen molar-refractivity contribution >= 4 is 28.6 Å². The molecule has 0 amide bonds. The number of fused-ring (bicyclic) bond motifs is 1. The van der Waals surface area contributed by atoms with Gasteiger partial charge in [0.1, 0.15) is 5.52 Å². The number of carbonyl (C=O) groups excluding carboxylic acids is 1. The summed E-state index contributed by atoms with van der Waals surface area (Å²) < 4.78 is 5.56. The number of hydrogen-bond donors (Lipinski definition) is 0. The van der Waals surface area contributed by atoms with Gasteiger partial charge in [0.15, 0.2) is 11.4 Å². The van der Waals surface area contributed by atoms with Gasteiger partial charge in [0, 0.05) is 5.56 Å². The summed E-state index contributed by atoms with van der Waals surface area (Å²) in [6.07, 6.45) is 1.54. The van der Waals surface area contributed by atoms with Crippen molar-refractivity contribution in [3.8, 4) is 0 Å². The second kappa shape index (κ2) is 5.97. The molecular weight excluding hydrogens is 282 g/mol. The number of thioether (sulfide) groups is 1. The third kappa shape index (κ3) is 3.23. The minimum atomic E-state index is -0.0256. The Labute approximate surface area is 126 Å². The molecule has 0 N–H and O–H groups in total. The summed E-state index contributed by atoms with van der Waals surface area (Å²) in [5.41, 5.74) is 3.32. The van der Waals surface area contributed by atoms with Crippen LogP contribution in [-0.2, 0) is 0 Å². The molecule has 0 spiro atoms. The summed E-state index contributed by atoms with van der Waals surface area (Å²) in [5.74, 6) is -0.0256. The van der Waals surface area contributed by atoms with Crippen molar-refractivity contribution < 1.29 is 9.21 Å². The number of allylic oxidation sites excluding steroid dienone is 1. The van der Waals surface area contributed by atoms with Crippen LogP contribution in [0.3, 0.4) is 0 Å². The van der Waals surface area contributed by atoms with Crippen LogP contribution in [0.4, 0.5) is 0 Å². The van der Waals surface area contributed by atoms with E-state index in [0.29, 0.717) is 10.8 Å². The summed E-state index contributed by atoms with van der Waals surface area (Å²) in [5, 5.41) is 2.24. The van der Waals surface area contributed by atoms with Gasteiger partial charge in [0.2, 0.25) is 0 Å². The number of oxazole rings is 1. The highest BCUT2D eigenvalue weighted by Gasteiger charge is 2.05. The van der Waals surface area contributed by atoms with Gasteiger partial charge >= 0.3 is 0 Å². The molecule has 0 saturated heterocycles. The van der Waals surface area contributed by atoms with Gasteiger partial charge in [-0.2, -0.15) is 0 Å². The van der Waals surface area contributed by atoms with E-state index in [4.69, 9.17) is 4.42 Å². The van der Waals surface area contributed by atoms with Gasteiger partial charge in [-0.1, -0.05) is 35.9 Å². The van der Waals surface area contributed by atoms with Crippen LogP contribution in [0.25, 0.3) is 11.1 Å². The van der Waals surface area contributed by atoms with Crippen LogP contribution < -0.4 is 0 Å². The van der Waals surface area contributed by atoms with Crippen molar-refractivity contribution in [1.82, 2.24) is 4.98 Å². The van der Waals surface area contributed by atoms with E-state index in [9.17, 15) is 4.79 Å². The Morgan fingerprint density at radius 3 is 2.86 bits per heavy atom. The van der Waals surface area contributed by atoms with Crippen LogP contribution in [0, 0.1) is 6.92 Å². The third-order valence-corrected chi connectivity index (χ3v) is 3.61. The molecule has 4 heteroatoms. The monoisotopic (exact) mass is 295 g/mol. The zero-order valence-electron chi connectivity index (χ0n) is 11.4. The molecule has 2 aromatic carbocycles. The highest BCUT2D eigenvalue weighted by atomic mass is 32.2. The highest BCUT2D eigenvalue weighted by Crippen LogP contribution is 2.23. The summed E-state index contributed by atoms with van der Waals surface area (Å²) >= 11 is 1.29. The molecule has 0 atom stereocenters. The SMILES string of the molecule is Cc1cccc(C(=O)C=CSc2nc3ccccc3o2)c1. The third-order valence-electron chi connectivity index (χ3n) is 2.97. The number of aromatic nitrogens is 1. The Hall–Kier alpha value is -2.33.